The Morgan fingerprint density at radius 2 is 2.11 bits per heavy atom. The van der Waals surface area contributed by atoms with Gasteiger partial charge in [-0.3, -0.25) is 14.9 Å². The molecule has 0 saturated carbocycles. The maximum atomic E-state index is 11.9. The van der Waals surface area contributed by atoms with Gasteiger partial charge in [-0.05, 0) is 18.6 Å². The van der Waals surface area contributed by atoms with Crippen LogP contribution in [0, 0.1) is 6.92 Å². The molecule has 1 aliphatic heterocycles. The van der Waals surface area contributed by atoms with Crippen LogP contribution >= 0.6 is 0 Å². The zero-order valence-electron chi connectivity index (χ0n) is 9.73. The third-order valence-corrected chi connectivity index (χ3v) is 2.62. The summed E-state index contributed by atoms with van der Waals surface area (Å²) in [5.41, 5.74) is 1.30. The van der Waals surface area contributed by atoms with E-state index in [2.05, 4.69) is 10.1 Å². The van der Waals surface area contributed by atoms with Gasteiger partial charge in [-0.1, -0.05) is 18.2 Å². The molecule has 1 aromatic rings. The van der Waals surface area contributed by atoms with E-state index in [4.69, 9.17) is 0 Å². The van der Waals surface area contributed by atoms with E-state index in [9.17, 15) is 14.4 Å². The summed E-state index contributed by atoms with van der Waals surface area (Å²) < 4.78 is 4.64. The highest BCUT2D eigenvalue weighted by molar-refractivity contribution is 6.02. The van der Waals surface area contributed by atoms with Crippen LogP contribution in [0.3, 0.4) is 0 Å². The number of cyclic esters (lactones) is 1. The first-order chi connectivity index (χ1) is 8.58. The van der Waals surface area contributed by atoms with Crippen LogP contribution in [0.1, 0.15) is 15.9 Å². The number of carbonyl (C=O) groups is 3. The highest BCUT2D eigenvalue weighted by Gasteiger charge is 2.29. The topological polar surface area (TPSA) is 84.5 Å². The first-order valence-electron chi connectivity index (χ1n) is 5.42. The van der Waals surface area contributed by atoms with Gasteiger partial charge in [-0.25, -0.2) is 4.79 Å². The van der Waals surface area contributed by atoms with Crippen molar-refractivity contribution in [3.05, 3.63) is 35.4 Å². The van der Waals surface area contributed by atoms with E-state index in [-0.39, 0.29) is 12.5 Å². The van der Waals surface area contributed by atoms with Crippen LogP contribution < -0.4 is 10.6 Å². The molecule has 2 N–H and O–H groups in total. The van der Waals surface area contributed by atoms with Crippen LogP contribution in [-0.4, -0.2) is 30.6 Å². The largest absolute Gasteiger partial charge is 0.446 e. The highest BCUT2D eigenvalue weighted by Crippen LogP contribution is 2.07. The maximum absolute atomic E-state index is 11.9. The van der Waals surface area contributed by atoms with E-state index in [0.717, 1.165) is 5.56 Å². The van der Waals surface area contributed by atoms with Gasteiger partial charge in [0, 0.05) is 5.56 Å². The number of alkyl carbamates (subject to hydrolysis) is 1. The molecule has 0 unspecified atom stereocenters. The Morgan fingerprint density at radius 3 is 2.78 bits per heavy atom. The lowest BCUT2D eigenvalue weighted by molar-refractivity contribution is -0.125. The van der Waals surface area contributed by atoms with Gasteiger partial charge in [0.15, 0.2) is 0 Å². The van der Waals surface area contributed by atoms with Gasteiger partial charge in [0.05, 0.1) is 0 Å². The third-order valence-electron chi connectivity index (χ3n) is 2.62. The molecule has 18 heavy (non-hydrogen) atoms. The van der Waals surface area contributed by atoms with Crippen molar-refractivity contribution in [1.29, 1.82) is 0 Å². The zero-order valence-corrected chi connectivity index (χ0v) is 9.73. The fourth-order valence-corrected chi connectivity index (χ4v) is 1.63. The normalized spacial score (nSPS) is 18.8. The predicted octanol–water partition coefficient (Wildman–Crippen LogP) is 0.360. The zero-order chi connectivity index (χ0) is 13.1. The van der Waals surface area contributed by atoms with Gasteiger partial charge >= 0.3 is 6.09 Å². The number of rotatable bonds is 2. The molecule has 1 atom stereocenters. The fourth-order valence-electron chi connectivity index (χ4n) is 1.63. The molecule has 94 valence electrons. The summed E-state index contributed by atoms with van der Waals surface area (Å²) in [7, 11) is 0. The van der Waals surface area contributed by atoms with Crippen LogP contribution in [0.2, 0.25) is 0 Å². The quantitative estimate of drug-likeness (QED) is 0.791. The van der Waals surface area contributed by atoms with Crippen molar-refractivity contribution in [2.75, 3.05) is 6.61 Å². The van der Waals surface area contributed by atoms with E-state index in [1.807, 2.05) is 11.4 Å². The lowest BCUT2D eigenvalue weighted by Crippen LogP contribution is -2.55. The predicted molar refractivity (Wildman–Crippen MR) is 61.9 cm³/mol. The Hall–Kier alpha value is -2.37. The van der Waals surface area contributed by atoms with Crippen molar-refractivity contribution in [2.45, 2.75) is 13.0 Å². The number of hydrogen-bond donors (Lipinski definition) is 2. The molecule has 0 aromatic heterocycles. The lowest BCUT2D eigenvalue weighted by Gasteiger charge is -2.22. The Morgan fingerprint density at radius 1 is 1.39 bits per heavy atom. The SMILES string of the molecule is Cc1ccccc1C(=O)N[C@H]1COC(=O)NC1=O. The molecule has 1 saturated heterocycles. The molecule has 0 aliphatic carbocycles. The molecule has 0 radical (unpaired) electrons. The average Bonchev–Trinajstić information content (AvgIpc) is 2.33. The Labute approximate surface area is 103 Å². The number of hydrogen-bond acceptors (Lipinski definition) is 4. The summed E-state index contributed by atoms with van der Waals surface area (Å²) in [4.78, 5) is 34.1. The second-order valence-electron chi connectivity index (χ2n) is 3.93. The number of carbonyl (C=O) groups excluding carboxylic acids is 3. The molecule has 0 bridgehead atoms. The molecular weight excluding hydrogens is 236 g/mol. The van der Waals surface area contributed by atoms with Crippen molar-refractivity contribution in [2.24, 2.45) is 0 Å². The highest BCUT2D eigenvalue weighted by atomic mass is 16.6. The van der Waals surface area contributed by atoms with E-state index >= 15 is 0 Å². The van der Waals surface area contributed by atoms with Crippen molar-refractivity contribution >= 4 is 17.9 Å². The minimum atomic E-state index is -0.852. The van der Waals surface area contributed by atoms with E-state index in [0.29, 0.717) is 5.56 Å². The Balaban J connectivity index is 2.06. The molecule has 2 rings (SSSR count). The van der Waals surface area contributed by atoms with E-state index < -0.39 is 18.0 Å². The molecule has 1 fully saturated rings. The van der Waals surface area contributed by atoms with Gasteiger partial charge in [0.1, 0.15) is 12.6 Å². The molecule has 3 amide bonds. The standard InChI is InChI=1S/C12H12N2O4/c1-7-4-2-3-5-8(7)10(15)13-9-6-18-12(17)14-11(9)16/h2-5,9H,6H2,1H3,(H,13,15)(H,14,16,17)/t9-/m0/s1. The Bertz CT molecular complexity index is 513. The molecular formula is C12H12N2O4. The summed E-state index contributed by atoms with van der Waals surface area (Å²) in [6, 6.07) is 6.17. The van der Waals surface area contributed by atoms with Gasteiger partial charge in [0.25, 0.3) is 11.8 Å². The monoisotopic (exact) mass is 248 g/mol. The number of nitrogens with one attached hydrogen (secondary N) is 2. The summed E-state index contributed by atoms with van der Waals surface area (Å²) in [6.45, 7) is 1.65. The summed E-state index contributed by atoms with van der Waals surface area (Å²) >= 11 is 0. The number of benzene rings is 1. The molecule has 1 aliphatic rings. The van der Waals surface area contributed by atoms with Crippen molar-refractivity contribution in [1.82, 2.24) is 10.6 Å². The maximum Gasteiger partial charge on any atom is 0.413 e. The fraction of sp³-hybridized carbons (Fsp3) is 0.250. The lowest BCUT2D eigenvalue weighted by atomic mass is 10.1. The van der Waals surface area contributed by atoms with Crippen LogP contribution in [0.5, 0.6) is 0 Å². The van der Waals surface area contributed by atoms with Crippen molar-refractivity contribution < 1.29 is 19.1 Å². The minimum absolute atomic E-state index is 0.151. The second-order valence-corrected chi connectivity index (χ2v) is 3.93. The van der Waals surface area contributed by atoms with E-state index in [1.54, 1.807) is 25.1 Å². The van der Waals surface area contributed by atoms with Crippen molar-refractivity contribution in [3.8, 4) is 0 Å². The number of ether oxygens (including phenoxy) is 1. The first kappa shape index (κ1) is 12.1. The van der Waals surface area contributed by atoms with Crippen LogP contribution in [0.4, 0.5) is 4.79 Å². The summed E-state index contributed by atoms with van der Waals surface area (Å²) in [5.74, 6) is -0.931. The van der Waals surface area contributed by atoms with Gasteiger partial charge in [-0.15, -0.1) is 0 Å². The van der Waals surface area contributed by atoms with Crippen molar-refractivity contribution in [3.63, 3.8) is 0 Å². The molecule has 1 heterocycles. The smallest absolute Gasteiger partial charge is 0.413 e. The average molecular weight is 248 g/mol. The van der Waals surface area contributed by atoms with E-state index in [1.165, 1.54) is 0 Å². The first-order valence-corrected chi connectivity index (χ1v) is 5.42. The minimum Gasteiger partial charge on any atom is -0.446 e. The van der Waals surface area contributed by atoms with Gasteiger partial charge < -0.3 is 10.1 Å². The number of aryl methyl sites for hydroxylation is 1. The molecule has 6 nitrogen and oxygen atoms in total. The van der Waals surface area contributed by atoms with Gasteiger partial charge in [0.2, 0.25) is 0 Å². The molecule has 1 aromatic carbocycles. The van der Waals surface area contributed by atoms with Gasteiger partial charge in [-0.2, -0.15) is 0 Å². The second kappa shape index (κ2) is 4.87. The number of imide groups is 1. The van der Waals surface area contributed by atoms with Crippen LogP contribution in [0.15, 0.2) is 24.3 Å². The molecule has 0 spiro atoms. The molecule has 6 heteroatoms. The van der Waals surface area contributed by atoms with Crippen LogP contribution in [0.25, 0.3) is 0 Å². The number of amides is 3. The summed E-state index contributed by atoms with van der Waals surface area (Å²) in [6.07, 6.45) is -0.790. The third kappa shape index (κ3) is 2.48. The Kier molecular flexibility index (Phi) is 3.27. The summed E-state index contributed by atoms with van der Waals surface area (Å²) in [5, 5.41) is 4.50. The van der Waals surface area contributed by atoms with Crippen LogP contribution in [-0.2, 0) is 9.53 Å².